The fourth-order valence-corrected chi connectivity index (χ4v) is 5.71. The van der Waals surface area contributed by atoms with Crippen molar-refractivity contribution in [3.63, 3.8) is 0 Å². The molecule has 1 aromatic carbocycles. The van der Waals surface area contributed by atoms with Gasteiger partial charge in [0.05, 0.1) is 12.0 Å². The van der Waals surface area contributed by atoms with Crippen molar-refractivity contribution in [1.82, 2.24) is 14.8 Å². The highest BCUT2D eigenvalue weighted by atomic mass is 16.3. The van der Waals surface area contributed by atoms with E-state index in [1.54, 1.807) is 0 Å². The van der Waals surface area contributed by atoms with Gasteiger partial charge in [-0.3, -0.25) is 14.5 Å². The number of allylic oxidation sites excluding steroid dienone is 1. The molecule has 5 rings (SSSR count). The molecule has 2 aromatic rings. The Hall–Kier alpha value is -2.70. The Morgan fingerprint density at radius 2 is 1.97 bits per heavy atom. The molecule has 0 spiro atoms. The number of benzene rings is 1. The minimum atomic E-state index is -0.380. The first-order chi connectivity index (χ1) is 15.6. The normalized spacial score (nSPS) is 27.3. The lowest BCUT2D eigenvalue weighted by Crippen LogP contribution is -2.47. The Labute approximate surface area is 188 Å². The van der Waals surface area contributed by atoms with Crippen molar-refractivity contribution < 1.29 is 9.90 Å². The molecular formula is C26H31N3O3. The number of aromatic nitrogens is 1. The van der Waals surface area contributed by atoms with Crippen LogP contribution in [0.3, 0.4) is 0 Å². The summed E-state index contributed by atoms with van der Waals surface area (Å²) in [5, 5.41) is 13.6. The molecule has 2 fully saturated rings. The van der Waals surface area contributed by atoms with Gasteiger partial charge >= 0.3 is 0 Å². The average Bonchev–Trinajstić information content (AvgIpc) is 2.98. The maximum Gasteiger partial charge on any atom is 0.258 e. The first kappa shape index (κ1) is 21.2. The van der Waals surface area contributed by atoms with E-state index in [-0.39, 0.29) is 48.0 Å². The van der Waals surface area contributed by atoms with Crippen LogP contribution in [0.15, 0.2) is 53.3 Å². The average molecular weight is 434 g/mol. The minimum absolute atomic E-state index is 0.0118. The predicted molar refractivity (Wildman–Crippen MR) is 124 cm³/mol. The molecule has 3 aliphatic rings. The number of hydrogen-bond acceptors (Lipinski definition) is 4. The fourth-order valence-electron chi connectivity index (χ4n) is 5.71. The van der Waals surface area contributed by atoms with E-state index in [0.717, 1.165) is 25.0 Å². The molecule has 32 heavy (non-hydrogen) atoms. The van der Waals surface area contributed by atoms with Gasteiger partial charge in [0.1, 0.15) is 0 Å². The molecule has 2 N–H and O–H groups in total. The molecule has 0 unspecified atom stereocenters. The molecule has 3 heterocycles. The monoisotopic (exact) mass is 433 g/mol. The first-order valence-electron chi connectivity index (χ1n) is 11.7. The smallest absolute Gasteiger partial charge is 0.258 e. The quantitative estimate of drug-likeness (QED) is 0.735. The van der Waals surface area contributed by atoms with E-state index in [0.29, 0.717) is 18.7 Å². The Morgan fingerprint density at radius 1 is 1.19 bits per heavy atom. The van der Waals surface area contributed by atoms with Crippen molar-refractivity contribution in [3.05, 3.63) is 75.7 Å². The Morgan fingerprint density at radius 3 is 2.62 bits per heavy atom. The third kappa shape index (κ3) is 3.51. The number of hydrogen-bond donors (Lipinski definition) is 2. The van der Waals surface area contributed by atoms with Crippen molar-refractivity contribution >= 4 is 12.0 Å². The number of carbonyl (C=O) groups excluding carboxylic acids is 1. The standard InChI is InChI=1S/C26H31N3O3/c1-2-7-18-12-13-21-24-23(25(31)27-19-10-6-11-19)20(16-30)22(15-29(21)26(18)32)28(24)14-17-8-4-3-5-9-17/h2-5,7-9,12-13,19-20,22-24,30H,6,10-11,14-16H2,1H3,(H,27,31)/b7-2-/t20-,22-,23+,24+/m0/s1. The number of amides is 1. The summed E-state index contributed by atoms with van der Waals surface area (Å²) in [5.74, 6) is -0.582. The van der Waals surface area contributed by atoms with E-state index in [1.807, 2.05) is 54.0 Å². The lowest BCUT2D eigenvalue weighted by atomic mass is 9.85. The van der Waals surface area contributed by atoms with Crippen LogP contribution in [-0.2, 0) is 17.9 Å². The van der Waals surface area contributed by atoms with Gasteiger partial charge in [-0.2, -0.15) is 0 Å². The zero-order valence-corrected chi connectivity index (χ0v) is 18.5. The summed E-state index contributed by atoms with van der Waals surface area (Å²) in [5.41, 5.74) is 2.68. The van der Waals surface area contributed by atoms with Crippen molar-refractivity contribution in [3.8, 4) is 0 Å². The molecule has 2 aliphatic heterocycles. The fraction of sp³-hybridized carbons (Fsp3) is 0.462. The third-order valence-corrected chi connectivity index (χ3v) is 7.51. The number of nitrogens with zero attached hydrogens (tertiary/aromatic N) is 2. The predicted octanol–water partition coefficient (Wildman–Crippen LogP) is 2.71. The van der Waals surface area contributed by atoms with E-state index in [9.17, 15) is 14.7 Å². The highest BCUT2D eigenvalue weighted by Gasteiger charge is 2.55. The molecule has 4 atom stereocenters. The SMILES string of the molecule is C/C=C\c1ccc2n(c1=O)C[C@H]1[C@H](CO)[C@@H](C(=O)NC3CCC3)[C@@H]2N1Cc1ccccc1. The van der Waals surface area contributed by atoms with Crippen LogP contribution in [0.1, 0.15) is 49.0 Å². The molecule has 2 bridgehead atoms. The highest BCUT2D eigenvalue weighted by Crippen LogP contribution is 2.49. The van der Waals surface area contributed by atoms with Crippen molar-refractivity contribution in [2.24, 2.45) is 11.8 Å². The Balaban J connectivity index is 1.58. The van der Waals surface area contributed by atoms with Gasteiger partial charge in [0, 0.05) is 49.0 Å². The van der Waals surface area contributed by atoms with Crippen LogP contribution in [0, 0.1) is 11.8 Å². The number of fused-ring (bicyclic) bond motifs is 4. The highest BCUT2D eigenvalue weighted by molar-refractivity contribution is 5.81. The Bertz CT molecular complexity index is 1070. The van der Waals surface area contributed by atoms with Crippen LogP contribution in [0.25, 0.3) is 6.08 Å². The van der Waals surface area contributed by atoms with E-state index in [1.165, 1.54) is 5.56 Å². The van der Waals surface area contributed by atoms with Gasteiger partial charge in [-0.15, -0.1) is 0 Å². The molecule has 6 nitrogen and oxygen atoms in total. The molecular weight excluding hydrogens is 402 g/mol. The zero-order valence-electron chi connectivity index (χ0n) is 18.5. The number of rotatable bonds is 6. The summed E-state index contributed by atoms with van der Waals surface area (Å²) in [7, 11) is 0. The van der Waals surface area contributed by atoms with Gasteiger partial charge in [-0.1, -0.05) is 42.5 Å². The van der Waals surface area contributed by atoms with E-state index < -0.39 is 0 Å². The molecule has 0 radical (unpaired) electrons. The van der Waals surface area contributed by atoms with Crippen LogP contribution < -0.4 is 10.9 Å². The maximum atomic E-state index is 13.5. The molecule has 1 amide bonds. The topological polar surface area (TPSA) is 74.6 Å². The Kier molecular flexibility index (Phi) is 5.74. The van der Waals surface area contributed by atoms with Crippen molar-refractivity contribution in [1.29, 1.82) is 0 Å². The van der Waals surface area contributed by atoms with Gasteiger partial charge in [-0.05, 0) is 43.9 Å². The van der Waals surface area contributed by atoms with Crippen LogP contribution in [0.5, 0.6) is 0 Å². The van der Waals surface area contributed by atoms with Gasteiger partial charge < -0.3 is 15.0 Å². The second kappa shape index (κ2) is 8.68. The van der Waals surface area contributed by atoms with Crippen LogP contribution in [0.2, 0.25) is 0 Å². The molecule has 168 valence electrons. The number of aliphatic hydroxyl groups is 1. The first-order valence-corrected chi connectivity index (χ1v) is 11.7. The van der Waals surface area contributed by atoms with Gasteiger partial charge in [0.25, 0.3) is 5.56 Å². The number of nitrogens with one attached hydrogen (secondary N) is 1. The third-order valence-electron chi connectivity index (χ3n) is 7.51. The van der Waals surface area contributed by atoms with Crippen molar-refractivity contribution in [2.45, 2.75) is 57.4 Å². The summed E-state index contributed by atoms with van der Waals surface area (Å²) in [6.45, 7) is 3.00. The summed E-state index contributed by atoms with van der Waals surface area (Å²) < 4.78 is 1.84. The molecule has 6 heteroatoms. The summed E-state index contributed by atoms with van der Waals surface area (Å²) >= 11 is 0. The van der Waals surface area contributed by atoms with E-state index >= 15 is 0 Å². The van der Waals surface area contributed by atoms with Gasteiger partial charge in [-0.25, -0.2) is 0 Å². The minimum Gasteiger partial charge on any atom is -0.396 e. The van der Waals surface area contributed by atoms with Gasteiger partial charge in [0.15, 0.2) is 0 Å². The summed E-state index contributed by atoms with van der Waals surface area (Å²) in [6.07, 6.45) is 6.89. The van der Waals surface area contributed by atoms with Crippen LogP contribution in [-0.4, -0.2) is 39.2 Å². The molecule has 1 saturated heterocycles. The largest absolute Gasteiger partial charge is 0.396 e. The van der Waals surface area contributed by atoms with Crippen LogP contribution in [0.4, 0.5) is 0 Å². The lowest BCUT2D eigenvalue weighted by molar-refractivity contribution is -0.128. The number of pyridine rings is 1. The van der Waals surface area contributed by atoms with E-state index in [4.69, 9.17) is 0 Å². The molecule has 1 aromatic heterocycles. The number of carbonyl (C=O) groups is 1. The molecule has 1 aliphatic carbocycles. The summed E-state index contributed by atoms with van der Waals surface area (Å²) in [6, 6.07) is 14.0. The summed E-state index contributed by atoms with van der Waals surface area (Å²) in [4.78, 5) is 29.0. The maximum absolute atomic E-state index is 13.5. The van der Waals surface area contributed by atoms with Crippen molar-refractivity contribution in [2.75, 3.05) is 6.61 Å². The lowest BCUT2D eigenvalue weighted by Gasteiger charge is -2.38. The van der Waals surface area contributed by atoms with Crippen LogP contribution >= 0.6 is 0 Å². The molecule has 1 saturated carbocycles. The second-order valence-corrected chi connectivity index (χ2v) is 9.31. The zero-order chi connectivity index (χ0) is 22.2. The van der Waals surface area contributed by atoms with Gasteiger partial charge in [0.2, 0.25) is 5.91 Å². The number of aliphatic hydroxyl groups excluding tert-OH is 1. The van der Waals surface area contributed by atoms with E-state index in [2.05, 4.69) is 22.3 Å². The second-order valence-electron chi connectivity index (χ2n) is 9.31.